The topological polar surface area (TPSA) is 71.1 Å². The van der Waals surface area contributed by atoms with Crippen molar-refractivity contribution in [2.75, 3.05) is 0 Å². The van der Waals surface area contributed by atoms with Gasteiger partial charge in [0, 0.05) is 6.08 Å². The third kappa shape index (κ3) is 6.17. The number of rotatable bonds is 12. The molecule has 6 nitrogen and oxygen atoms in total. The molecule has 0 aliphatic carbocycles. The monoisotopic (exact) mass is 499 g/mol. The van der Waals surface area contributed by atoms with Gasteiger partial charge in [-0.2, -0.15) is 0 Å². The van der Waals surface area contributed by atoms with Crippen LogP contribution in [0.25, 0.3) is 0 Å². The first-order valence-corrected chi connectivity index (χ1v) is 12.5. The molecule has 2 atom stereocenters. The van der Waals surface area contributed by atoms with E-state index in [1.807, 2.05) is 24.3 Å². The van der Waals surface area contributed by atoms with Crippen LogP contribution in [0.1, 0.15) is 0 Å². The molecule has 0 N–H and O–H groups in total. The van der Waals surface area contributed by atoms with Crippen molar-refractivity contribution in [3.63, 3.8) is 0 Å². The van der Waals surface area contributed by atoms with Gasteiger partial charge in [0.15, 0.2) is 0 Å². The van der Waals surface area contributed by atoms with Crippen LogP contribution in [0, 0.1) is 0 Å². The predicted octanol–water partition coefficient (Wildman–Crippen LogP) is 6.82. The zero-order valence-electron chi connectivity index (χ0n) is 19.3. The van der Waals surface area contributed by atoms with Crippen LogP contribution in [0.2, 0.25) is 0 Å². The number of ether oxygens (including phenoxy) is 4. The van der Waals surface area contributed by atoms with E-state index in [1.54, 1.807) is 97.1 Å². The van der Waals surface area contributed by atoms with Gasteiger partial charge in [-0.05, 0) is 48.5 Å². The molecule has 4 rings (SSSR count). The third-order valence-electron chi connectivity index (χ3n) is 4.91. The maximum atomic E-state index is 13.7. The molecule has 36 heavy (non-hydrogen) atoms. The smallest absolute Gasteiger partial charge is 0.437 e. The SMILES string of the molecule is C=CC(=O)[P+](=O)C(Oc1ccccc1)C(Oc1ccccc1)(Oc1ccccc1)Oc1ccccc1. The van der Waals surface area contributed by atoms with Crippen LogP contribution in [-0.4, -0.2) is 17.3 Å². The first-order valence-electron chi connectivity index (χ1n) is 11.2. The molecule has 0 aliphatic rings. The van der Waals surface area contributed by atoms with E-state index in [0.717, 1.165) is 6.08 Å². The molecule has 0 aromatic heterocycles. The normalized spacial score (nSPS) is 12.1. The molecule has 0 aliphatic heterocycles. The number of benzene rings is 4. The lowest BCUT2D eigenvalue weighted by Gasteiger charge is -2.34. The van der Waals surface area contributed by atoms with Gasteiger partial charge in [0.2, 0.25) is 0 Å². The van der Waals surface area contributed by atoms with Crippen molar-refractivity contribution >= 4 is 13.3 Å². The van der Waals surface area contributed by atoms with Gasteiger partial charge in [0.05, 0.1) is 0 Å². The maximum Gasteiger partial charge on any atom is 0.508 e. The van der Waals surface area contributed by atoms with E-state index in [0.29, 0.717) is 23.0 Å². The van der Waals surface area contributed by atoms with Crippen LogP contribution in [-0.2, 0) is 9.36 Å². The lowest BCUT2D eigenvalue weighted by atomic mass is 10.3. The van der Waals surface area contributed by atoms with Crippen LogP contribution in [0.3, 0.4) is 0 Å². The molecule has 0 bridgehead atoms. The summed E-state index contributed by atoms with van der Waals surface area (Å²) in [6.07, 6.45) is 0.984. The Balaban J connectivity index is 1.91. The van der Waals surface area contributed by atoms with E-state index >= 15 is 0 Å². The van der Waals surface area contributed by atoms with Gasteiger partial charge in [-0.25, -0.2) is 4.79 Å². The van der Waals surface area contributed by atoms with Crippen LogP contribution < -0.4 is 18.9 Å². The van der Waals surface area contributed by atoms with Crippen LogP contribution in [0.15, 0.2) is 134 Å². The first kappa shape index (κ1) is 24.7. The third-order valence-corrected chi connectivity index (χ3v) is 6.37. The largest absolute Gasteiger partial charge is 0.508 e. The molecule has 0 fully saturated rings. The van der Waals surface area contributed by atoms with Crippen molar-refractivity contribution in [1.82, 2.24) is 0 Å². The number of carbonyl (C=O) groups excluding carboxylic acids is 1. The van der Waals surface area contributed by atoms with Gasteiger partial charge in [-0.3, -0.25) is 0 Å². The van der Waals surface area contributed by atoms with Gasteiger partial charge in [0.25, 0.3) is 0 Å². The number of para-hydroxylation sites is 4. The quantitative estimate of drug-likeness (QED) is 0.121. The lowest BCUT2D eigenvalue weighted by molar-refractivity contribution is -0.277. The van der Waals surface area contributed by atoms with Gasteiger partial charge < -0.3 is 18.9 Å². The molecule has 0 spiro atoms. The Kier molecular flexibility index (Phi) is 8.12. The average molecular weight is 499 g/mol. The average Bonchev–Trinajstić information content (AvgIpc) is 2.93. The van der Waals surface area contributed by atoms with Crippen molar-refractivity contribution in [1.29, 1.82) is 0 Å². The van der Waals surface area contributed by atoms with E-state index < -0.39 is 25.1 Å². The maximum absolute atomic E-state index is 13.7. The standard InChI is InChI=1S/C29H24O6P/c1-2-27(30)36(31)28(32-23-15-7-3-8-16-23)29(33-24-17-9-4-10-18-24,34-25-19-11-5-12-20-25)35-26-21-13-6-14-22-26/h2-22,28H,1H2/q+1. The summed E-state index contributed by atoms with van der Waals surface area (Å²) in [6, 6.07) is 34.9. The first-order chi connectivity index (χ1) is 17.6. The minimum absolute atomic E-state index is 0.345. The molecule has 0 saturated heterocycles. The second-order valence-corrected chi connectivity index (χ2v) is 9.06. The summed E-state index contributed by atoms with van der Waals surface area (Å²) < 4.78 is 38.8. The molecule has 4 aromatic rings. The summed E-state index contributed by atoms with van der Waals surface area (Å²) in [7, 11) is -2.81. The summed E-state index contributed by atoms with van der Waals surface area (Å²) in [6.45, 7) is 3.49. The Morgan fingerprint density at radius 1 is 0.639 bits per heavy atom. The highest BCUT2D eigenvalue weighted by molar-refractivity contribution is 7.64. The molecule has 0 amide bonds. The van der Waals surface area contributed by atoms with Gasteiger partial charge in [0.1, 0.15) is 23.0 Å². The highest BCUT2D eigenvalue weighted by Crippen LogP contribution is 2.43. The fourth-order valence-corrected chi connectivity index (χ4v) is 4.34. The van der Waals surface area contributed by atoms with Gasteiger partial charge in [-0.15, -0.1) is 0 Å². The van der Waals surface area contributed by atoms with Crippen LogP contribution in [0.5, 0.6) is 23.0 Å². The van der Waals surface area contributed by atoms with Crippen molar-refractivity contribution in [2.24, 2.45) is 0 Å². The highest BCUT2D eigenvalue weighted by Gasteiger charge is 2.64. The Morgan fingerprint density at radius 3 is 1.31 bits per heavy atom. The zero-order valence-corrected chi connectivity index (χ0v) is 20.2. The molecule has 4 aromatic carbocycles. The minimum Gasteiger partial charge on any atom is -0.437 e. The lowest BCUT2D eigenvalue weighted by Crippen LogP contribution is -2.58. The predicted molar refractivity (Wildman–Crippen MR) is 138 cm³/mol. The van der Waals surface area contributed by atoms with Gasteiger partial charge >= 0.3 is 25.1 Å². The van der Waals surface area contributed by atoms with Crippen LogP contribution >= 0.6 is 7.80 Å². The van der Waals surface area contributed by atoms with Crippen LogP contribution in [0.4, 0.5) is 0 Å². The van der Waals surface area contributed by atoms with E-state index in [4.69, 9.17) is 18.9 Å². The Labute approximate surface area is 210 Å². The minimum atomic E-state index is -2.81. The molecule has 180 valence electrons. The summed E-state index contributed by atoms with van der Waals surface area (Å²) in [4.78, 5) is 12.7. The molecule has 0 heterocycles. The molecule has 7 heteroatoms. The molecular weight excluding hydrogens is 475 g/mol. The Hall–Kier alpha value is -4.41. The molecular formula is C29H24O6P+. The second-order valence-electron chi connectivity index (χ2n) is 7.50. The molecule has 2 unspecified atom stereocenters. The summed E-state index contributed by atoms with van der Waals surface area (Å²) in [5.41, 5.74) is -0.736. The fraction of sp³-hybridized carbons (Fsp3) is 0.0690. The zero-order chi connectivity index (χ0) is 25.2. The van der Waals surface area contributed by atoms with E-state index in [2.05, 4.69) is 6.58 Å². The number of hydrogen-bond donors (Lipinski definition) is 0. The molecule has 0 radical (unpaired) electrons. The Morgan fingerprint density at radius 2 is 0.972 bits per heavy atom. The summed E-state index contributed by atoms with van der Waals surface area (Å²) in [5, 5.41) is 0. The van der Waals surface area contributed by atoms with Crippen molar-refractivity contribution in [3.8, 4) is 23.0 Å². The van der Waals surface area contributed by atoms with Crippen molar-refractivity contribution in [3.05, 3.63) is 134 Å². The van der Waals surface area contributed by atoms with Crippen molar-refractivity contribution in [2.45, 2.75) is 11.8 Å². The van der Waals surface area contributed by atoms with E-state index in [-0.39, 0.29) is 0 Å². The fourth-order valence-electron chi connectivity index (χ4n) is 3.27. The van der Waals surface area contributed by atoms with Gasteiger partial charge in [-0.1, -0.05) is 83.9 Å². The number of carbonyl (C=O) groups is 1. The highest BCUT2D eigenvalue weighted by atomic mass is 31.1. The summed E-state index contributed by atoms with van der Waals surface area (Å²) in [5.74, 6) is -2.34. The Bertz CT molecular complexity index is 1180. The van der Waals surface area contributed by atoms with E-state index in [1.165, 1.54) is 0 Å². The number of allylic oxidation sites excluding steroid dienone is 1. The number of hydrogen-bond acceptors (Lipinski definition) is 6. The van der Waals surface area contributed by atoms with E-state index in [9.17, 15) is 9.36 Å². The summed E-state index contributed by atoms with van der Waals surface area (Å²) >= 11 is 0. The van der Waals surface area contributed by atoms with Crippen molar-refractivity contribution < 1.29 is 28.3 Å². The second kappa shape index (κ2) is 11.8. The molecule has 0 saturated carbocycles.